The molecule has 0 spiro atoms. The number of carbonyl (C=O) groups excluding carboxylic acids is 1. The van der Waals surface area contributed by atoms with E-state index in [-0.39, 0.29) is 11.9 Å². The number of hydrogen-bond acceptors (Lipinski definition) is 2. The minimum Gasteiger partial charge on any atom is -0.351 e. The van der Waals surface area contributed by atoms with Gasteiger partial charge >= 0.3 is 0 Å². The Kier molecular flexibility index (Phi) is 2.19. The van der Waals surface area contributed by atoms with Crippen LogP contribution in [0.5, 0.6) is 0 Å². The molecule has 1 N–H and O–H groups in total. The molecule has 3 nitrogen and oxygen atoms in total. The number of hydrogen-bond donors (Lipinski definition) is 1. The minimum absolute atomic E-state index is 0.0663. The monoisotopic (exact) mass is 226 g/mol. The smallest absolute Gasteiger partial charge is 0.240 e. The lowest BCUT2D eigenvalue weighted by molar-refractivity contribution is -0.124. The second-order valence-electron chi connectivity index (χ2n) is 5.03. The third-order valence-electron chi connectivity index (χ3n) is 3.73. The molecule has 0 aliphatic heterocycles. The van der Waals surface area contributed by atoms with E-state index in [2.05, 4.69) is 23.5 Å². The highest BCUT2D eigenvalue weighted by molar-refractivity contribution is 5.88. The summed E-state index contributed by atoms with van der Waals surface area (Å²) in [4.78, 5) is 11.9. The lowest BCUT2D eigenvalue weighted by atomic mass is 10.1. The van der Waals surface area contributed by atoms with Crippen LogP contribution >= 0.6 is 0 Å². The number of rotatable bonds is 3. The van der Waals surface area contributed by atoms with Crippen LogP contribution in [0, 0.1) is 16.7 Å². The first-order valence-electron chi connectivity index (χ1n) is 6.02. The number of nitrogens with zero attached hydrogens (tertiary/aromatic N) is 1. The second-order valence-corrected chi connectivity index (χ2v) is 5.03. The van der Waals surface area contributed by atoms with Gasteiger partial charge in [-0.15, -0.1) is 0 Å². The molecule has 2 fully saturated rings. The van der Waals surface area contributed by atoms with E-state index in [1.54, 1.807) is 0 Å². The summed E-state index contributed by atoms with van der Waals surface area (Å²) in [5, 5.41) is 11.9. The largest absolute Gasteiger partial charge is 0.351 e. The van der Waals surface area contributed by atoms with Crippen molar-refractivity contribution in [2.75, 3.05) is 0 Å². The van der Waals surface area contributed by atoms with Gasteiger partial charge in [-0.05, 0) is 24.8 Å². The number of amides is 1. The van der Waals surface area contributed by atoms with E-state index in [0.717, 1.165) is 19.3 Å². The summed E-state index contributed by atoms with van der Waals surface area (Å²) >= 11 is 0. The second kappa shape index (κ2) is 3.59. The van der Waals surface area contributed by atoms with Gasteiger partial charge in [0, 0.05) is 12.0 Å². The van der Waals surface area contributed by atoms with Crippen LogP contribution < -0.4 is 5.32 Å². The van der Waals surface area contributed by atoms with Gasteiger partial charge in [-0.2, -0.15) is 5.26 Å². The third kappa shape index (κ3) is 1.80. The first-order valence-corrected chi connectivity index (χ1v) is 6.02. The average Bonchev–Trinajstić information content (AvgIpc) is 3.25. The Morgan fingerprint density at radius 1 is 1.35 bits per heavy atom. The maximum absolute atomic E-state index is 11.9. The predicted molar refractivity (Wildman–Crippen MR) is 63.0 cm³/mol. The summed E-state index contributed by atoms with van der Waals surface area (Å²) in [6.45, 7) is 0. The molecule has 2 unspecified atom stereocenters. The molecular formula is C14H14N2O. The van der Waals surface area contributed by atoms with Gasteiger partial charge in [0.15, 0.2) is 0 Å². The summed E-state index contributed by atoms with van der Waals surface area (Å²) in [5.74, 6) is 0.373. The van der Waals surface area contributed by atoms with Crippen LogP contribution in [0.4, 0.5) is 0 Å². The lowest BCUT2D eigenvalue weighted by Gasteiger charge is -2.07. The number of nitriles is 1. The zero-order valence-corrected chi connectivity index (χ0v) is 9.52. The van der Waals surface area contributed by atoms with Crippen molar-refractivity contribution in [1.29, 1.82) is 5.26 Å². The number of nitrogens with one attached hydrogen (secondary N) is 1. The molecule has 0 radical (unpaired) electrons. The molecular weight excluding hydrogens is 212 g/mol. The molecule has 2 aliphatic rings. The molecule has 3 heteroatoms. The quantitative estimate of drug-likeness (QED) is 0.856. The van der Waals surface area contributed by atoms with Crippen molar-refractivity contribution in [3.8, 4) is 6.07 Å². The third-order valence-corrected chi connectivity index (χ3v) is 3.73. The Labute approximate surface area is 100 Å². The lowest BCUT2D eigenvalue weighted by Crippen LogP contribution is -2.33. The van der Waals surface area contributed by atoms with Gasteiger partial charge in [-0.3, -0.25) is 4.79 Å². The van der Waals surface area contributed by atoms with Crippen molar-refractivity contribution in [1.82, 2.24) is 5.32 Å². The maximum Gasteiger partial charge on any atom is 0.240 e. The summed E-state index contributed by atoms with van der Waals surface area (Å²) in [6, 6.07) is 12.6. The molecule has 0 bridgehead atoms. The zero-order valence-electron chi connectivity index (χ0n) is 9.52. The van der Waals surface area contributed by atoms with Gasteiger partial charge in [-0.25, -0.2) is 0 Å². The Bertz CT molecular complexity index is 485. The highest BCUT2D eigenvalue weighted by atomic mass is 16.2. The molecule has 86 valence electrons. The highest BCUT2D eigenvalue weighted by Gasteiger charge is 2.53. The van der Waals surface area contributed by atoms with Gasteiger partial charge in [-0.1, -0.05) is 30.3 Å². The number of carbonyl (C=O) groups is 1. The first-order chi connectivity index (χ1) is 8.25. The normalized spacial score (nSPS) is 27.9. The average molecular weight is 226 g/mol. The van der Waals surface area contributed by atoms with E-state index in [4.69, 9.17) is 5.26 Å². The molecule has 3 rings (SSSR count). The fourth-order valence-electron chi connectivity index (χ4n) is 2.24. The van der Waals surface area contributed by atoms with Gasteiger partial charge in [0.2, 0.25) is 5.91 Å². The summed E-state index contributed by atoms with van der Waals surface area (Å²) in [5.41, 5.74) is 0.587. The maximum atomic E-state index is 11.9. The molecule has 0 heterocycles. The fraction of sp³-hybridized carbons (Fsp3) is 0.429. The topological polar surface area (TPSA) is 52.9 Å². The minimum atomic E-state index is -0.691. The van der Waals surface area contributed by atoms with Crippen molar-refractivity contribution < 1.29 is 4.79 Å². The Hall–Kier alpha value is -1.82. The summed E-state index contributed by atoms with van der Waals surface area (Å²) in [7, 11) is 0. The SMILES string of the molecule is N#CC1(C(=O)NC2CC2c2ccccc2)CC1. The van der Waals surface area contributed by atoms with Crippen molar-refractivity contribution in [2.24, 2.45) is 5.41 Å². The van der Waals surface area contributed by atoms with Crippen LogP contribution in [0.1, 0.15) is 30.7 Å². The molecule has 2 atom stereocenters. The molecule has 0 aromatic heterocycles. The predicted octanol–water partition coefficient (Wildman–Crippen LogP) is 1.96. The standard InChI is InChI=1S/C14H14N2O/c15-9-14(6-7-14)13(17)16-12-8-11(12)10-4-2-1-3-5-10/h1-5,11-12H,6-8H2,(H,16,17). The summed E-state index contributed by atoms with van der Waals surface area (Å²) in [6.07, 6.45) is 2.44. The van der Waals surface area contributed by atoms with Crippen molar-refractivity contribution in [3.63, 3.8) is 0 Å². The van der Waals surface area contributed by atoms with E-state index in [0.29, 0.717) is 5.92 Å². The van der Waals surface area contributed by atoms with Gasteiger partial charge < -0.3 is 5.32 Å². The highest BCUT2D eigenvalue weighted by Crippen LogP contribution is 2.47. The zero-order chi connectivity index (χ0) is 11.9. The van der Waals surface area contributed by atoms with Crippen LogP contribution in [-0.2, 0) is 4.79 Å². The van der Waals surface area contributed by atoms with E-state index >= 15 is 0 Å². The van der Waals surface area contributed by atoms with E-state index in [9.17, 15) is 4.79 Å². The van der Waals surface area contributed by atoms with Crippen molar-refractivity contribution >= 4 is 5.91 Å². The molecule has 17 heavy (non-hydrogen) atoms. The first kappa shape index (κ1) is 10.3. The fourth-order valence-corrected chi connectivity index (χ4v) is 2.24. The molecule has 1 aromatic rings. The molecule has 1 amide bonds. The van der Waals surface area contributed by atoms with E-state index in [1.807, 2.05) is 18.2 Å². The van der Waals surface area contributed by atoms with E-state index in [1.165, 1.54) is 5.56 Å². The molecule has 2 aliphatic carbocycles. The molecule has 0 saturated heterocycles. The van der Waals surface area contributed by atoms with Crippen molar-refractivity contribution in [3.05, 3.63) is 35.9 Å². The van der Waals surface area contributed by atoms with Crippen LogP contribution in [-0.4, -0.2) is 11.9 Å². The molecule has 1 aromatic carbocycles. The van der Waals surface area contributed by atoms with Crippen LogP contribution in [0.3, 0.4) is 0 Å². The van der Waals surface area contributed by atoms with E-state index < -0.39 is 5.41 Å². The summed E-state index contributed by atoms with van der Waals surface area (Å²) < 4.78 is 0. The molecule has 2 saturated carbocycles. The van der Waals surface area contributed by atoms with Crippen LogP contribution in [0.25, 0.3) is 0 Å². The van der Waals surface area contributed by atoms with Crippen molar-refractivity contribution in [2.45, 2.75) is 31.2 Å². The van der Waals surface area contributed by atoms with Crippen LogP contribution in [0.15, 0.2) is 30.3 Å². The Balaban J connectivity index is 1.60. The number of benzene rings is 1. The Morgan fingerprint density at radius 3 is 2.65 bits per heavy atom. The van der Waals surface area contributed by atoms with Gasteiger partial charge in [0.1, 0.15) is 5.41 Å². The van der Waals surface area contributed by atoms with Gasteiger partial charge in [0.05, 0.1) is 6.07 Å². The van der Waals surface area contributed by atoms with Gasteiger partial charge in [0.25, 0.3) is 0 Å². The van der Waals surface area contributed by atoms with Crippen LogP contribution in [0.2, 0.25) is 0 Å². The Morgan fingerprint density at radius 2 is 2.06 bits per heavy atom.